The van der Waals surface area contributed by atoms with Gasteiger partial charge in [-0.3, -0.25) is 4.79 Å². The smallest absolute Gasteiger partial charge is 0.411 e. The molecule has 0 bridgehead atoms. The van der Waals surface area contributed by atoms with Crippen LogP contribution in [-0.4, -0.2) is 18.7 Å². The molecule has 0 aliphatic carbocycles. The van der Waals surface area contributed by atoms with Gasteiger partial charge in [0.1, 0.15) is 19.0 Å². The lowest BCUT2D eigenvalue weighted by molar-refractivity contribution is -0.176. The zero-order valence-electron chi connectivity index (χ0n) is 17.6. The van der Waals surface area contributed by atoms with E-state index in [1.54, 1.807) is 36.4 Å². The van der Waals surface area contributed by atoms with Gasteiger partial charge >= 0.3 is 6.18 Å². The second-order valence-electron chi connectivity index (χ2n) is 7.18. The van der Waals surface area contributed by atoms with E-state index in [9.17, 15) is 18.0 Å². The number of anilines is 1. The summed E-state index contributed by atoms with van der Waals surface area (Å²) in [4.78, 5) is 12.6. The fourth-order valence-corrected chi connectivity index (χ4v) is 2.96. The predicted octanol–water partition coefficient (Wildman–Crippen LogP) is 5.66. The maximum Gasteiger partial charge on any atom is 0.411 e. The van der Waals surface area contributed by atoms with Crippen LogP contribution < -0.4 is 10.1 Å². The predicted molar refractivity (Wildman–Crippen MR) is 117 cm³/mol. The van der Waals surface area contributed by atoms with E-state index < -0.39 is 12.8 Å². The number of hydrogen-bond donors (Lipinski definition) is 1. The molecule has 1 N–H and O–H groups in total. The first kappa shape index (κ1) is 23.8. The number of halogens is 3. The third kappa shape index (κ3) is 7.66. The number of ether oxygens (including phenoxy) is 2. The molecule has 1 amide bonds. The second-order valence-corrected chi connectivity index (χ2v) is 7.18. The Morgan fingerprint density at radius 2 is 1.58 bits per heavy atom. The highest BCUT2D eigenvalue weighted by Crippen LogP contribution is 2.21. The molecule has 0 fully saturated rings. The molecule has 0 saturated carbocycles. The average molecular weight is 454 g/mol. The van der Waals surface area contributed by atoms with Crippen molar-refractivity contribution < 1.29 is 27.4 Å². The van der Waals surface area contributed by atoms with Crippen LogP contribution in [-0.2, 0) is 24.4 Å². The summed E-state index contributed by atoms with van der Waals surface area (Å²) in [5, 5.41) is 11.6. The Balaban J connectivity index is 1.58. The number of para-hydroxylation sites is 1. The lowest BCUT2D eigenvalue weighted by Gasteiger charge is -2.13. The molecule has 3 aromatic rings. The van der Waals surface area contributed by atoms with Crippen molar-refractivity contribution in [3.8, 4) is 11.8 Å². The molecule has 8 heteroatoms. The summed E-state index contributed by atoms with van der Waals surface area (Å²) in [7, 11) is 0. The molecule has 0 atom stereocenters. The van der Waals surface area contributed by atoms with E-state index in [-0.39, 0.29) is 19.1 Å². The van der Waals surface area contributed by atoms with Crippen molar-refractivity contribution in [1.29, 1.82) is 5.26 Å². The SMILES string of the molecule is N#CCc1ccc(OCc2ccccc2NC(=O)c2ccc(COCC(F)(F)F)cc2)cc1. The largest absolute Gasteiger partial charge is 0.489 e. The fraction of sp³-hybridized carbons (Fsp3) is 0.200. The summed E-state index contributed by atoms with van der Waals surface area (Å²) in [5.41, 5.74) is 3.14. The molecule has 170 valence electrons. The Morgan fingerprint density at radius 1 is 0.909 bits per heavy atom. The van der Waals surface area contributed by atoms with Gasteiger partial charge in [-0.05, 0) is 41.5 Å². The molecule has 0 spiro atoms. The number of alkyl halides is 3. The summed E-state index contributed by atoms with van der Waals surface area (Å²) < 4.78 is 46.9. The maximum atomic E-state index is 12.6. The molecule has 0 saturated heterocycles. The van der Waals surface area contributed by atoms with Crippen molar-refractivity contribution in [2.75, 3.05) is 11.9 Å². The Hall–Kier alpha value is -3.83. The van der Waals surface area contributed by atoms with Crippen LogP contribution in [0.3, 0.4) is 0 Å². The van der Waals surface area contributed by atoms with Crippen LogP contribution in [0, 0.1) is 11.3 Å². The van der Waals surface area contributed by atoms with E-state index in [0.717, 1.165) is 11.1 Å². The summed E-state index contributed by atoms with van der Waals surface area (Å²) in [6.07, 6.45) is -4.05. The topological polar surface area (TPSA) is 71.3 Å². The van der Waals surface area contributed by atoms with Gasteiger partial charge in [0.2, 0.25) is 0 Å². The number of carbonyl (C=O) groups is 1. The molecule has 5 nitrogen and oxygen atoms in total. The van der Waals surface area contributed by atoms with Gasteiger partial charge in [0.25, 0.3) is 5.91 Å². The van der Waals surface area contributed by atoms with E-state index in [1.165, 1.54) is 12.1 Å². The molecule has 0 aliphatic heterocycles. The number of carbonyl (C=O) groups excluding carboxylic acids is 1. The maximum absolute atomic E-state index is 12.6. The molecule has 0 aliphatic rings. The Kier molecular flexibility index (Phi) is 8.06. The first-order valence-corrected chi connectivity index (χ1v) is 10.1. The summed E-state index contributed by atoms with van der Waals surface area (Å²) in [5.74, 6) is 0.284. The third-order valence-electron chi connectivity index (χ3n) is 4.62. The Morgan fingerprint density at radius 3 is 2.24 bits per heavy atom. The van der Waals surface area contributed by atoms with Crippen molar-refractivity contribution in [2.24, 2.45) is 0 Å². The van der Waals surface area contributed by atoms with Crippen LogP contribution in [0.2, 0.25) is 0 Å². The zero-order chi connectivity index (χ0) is 23.7. The number of nitrogens with one attached hydrogen (secondary N) is 1. The second kappa shape index (κ2) is 11.2. The van der Waals surface area contributed by atoms with Crippen LogP contribution in [0.25, 0.3) is 0 Å². The van der Waals surface area contributed by atoms with E-state index in [4.69, 9.17) is 10.00 Å². The number of nitrogens with zero attached hydrogens (tertiary/aromatic N) is 1. The van der Waals surface area contributed by atoms with Crippen molar-refractivity contribution in [3.05, 3.63) is 95.1 Å². The van der Waals surface area contributed by atoms with Crippen LogP contribution >= 0.6 is 0 Å². The minimum absolute atomic E-state index is 0.195. The van der Waals surface area contributed by atoms with Crippen LogP contribution in [0.1, 0.15) is 27.0 Å². The van der Waals surface area contributed by atoms with Gasteiger partial charge in [-0.15, -0.1) is 0 Å². The minimum atomic E-state index is -4.38. The molecule has 0 heterocycles. The molecule has 0 unspecified atom stereocenters. The highest BCUT2D eigenvalue weighted by molar-refractivity contribution is 6.04. The van der Waals surface area contributed by atoms with Crippen molar-refractivity contribution in [3.63, 3.8) is 0 Å². The van der Waals surface area contributed by atoms with E-state index in [1.807, 2.05) is 24.3 Å². The zero-order valence-corrected chi connectivity index (χ0v) is 17.6. The number of amides is 1. The molecule has 0 radical (unpaired) electrons. The molecule has 3 rings (SSSR count). The van der Waals surface area contributed by atoms with Crippen LogP contribution in [0.4, 0.5) is 18.9 Å². The molecule has 33 heavy (non-hydrogen) atoms. The molecule has 0 aromatic heterocycles. The Labute approximate surface area is 189 Å². The van der Waals surface area contributed by atoms with Gasteiger partial charge in [0, 0.05) is 16.8 Å². The van der Waals surface area contributed by atoms with Crippen molar-refractivity contribution >= 4 is 11.6 Å². The van der Waals surface area contributed by atoms with Gasteiger partial charge in [-0.25, -0.2) is 0 Å². The first-order chi connectivity index (χ1) is 15.8. The highest BCUT2D eigenvalue weighted by Gasteiger charge is 2.27. The van der Waals surface area contributed by atoms with Gasteiger partial charge in [-0.1, -0.05) is 42.5 Å². The monoisotopic (exact) mass is 454 g/mol. The third-order valence-corrected chi connectivity index (χ3v) is 4.62. The lowest BCUT2D eigenvalue weighted by Crippen LogP contribution is -2.17. The molecular weight excluding hydrogens is 433 g/mol. The molecular formula is C25H21F3N2O3. The number of nitriles is 1. The van der Waals surface area contributed by atoms with Gasteiger partial charge in [-0.2, -0.15) is 18.4 Å². The van der Waals surface area contributed by atoms with Crippen molar-refractivity contribution in [2.45, 2.75) is 25.8 Å². The summed E-state index contributed by atoms with van der Waals surface area (Å²) in [6.45, 7) is -1.29. The standard InChI is InChI=1S/C25H21F3N2O3/c26-25(27,28)17-32-15-19-5-9-20(10-6-19)24(31)30-23-4-2-1-3-21(23)16-33-22-11-7-18(8-12-22)13-14-29/h1-12H,13,15-17H2,(H,30,31). The minimum Gasteiger partial charge on any atom is -0.489 e. The number of benzene rings is 3. The van der Waals surface area contributed by atoms with E-state index >= 15 is 0 Å². The van der Waals surface area contributed by atoms with Gasteiger partial charge in [0.15, 0.2) is 0 Å². The average Bonchev–Trinajstić information content (AvgIpc) is 2.79. The van der Waals surface area contributed by atoms with E-state index in [2.05, 4.69) is 16.1 Å². The van der Waals surface area contributed by atoms with E-state index in [0.29, 0.717) is 29.0 Å². The summed E-state index contributed by atoms with van der Waals surface area (Å²) in [6, 6.07) is 22.7. The van der Waals surface area contributed by atoms with Gasteiger partial charge in [0.05, 0.1) is 19.1 Å². The first-order valence-electron chi connectivity index (χ1n) is 10.1. The Bertz CT molecular complexity index is 1110. The number of rotatable bonds is 9. The molecule has 3 aromatic carbocycles. The number of hydrogen-bond acceptors (Lipinski definition) is 4. The van der Waals surface area contributed by atoms with Crippen LogP contribution in [0.15, 0.2) is 72.8 Å². The van der Waals surface area contributed by atoms with Crippen LogP contribution in [0.5, 0.6) is 5.75 Å². The fourth-order valence-electron chi connectivity index (χ4n) is 2.96. The highest BCUT2D eigenvalue weighted by atomic mass is 19.4. The lowest BCUT2D eigenvalue weighted by atomic mass is 10.1. The van der Waals surface area contributed by atoms with Gasteiger partial charge < -0.3 is 14.8 Å². The van der Waals surface area contributed by atoms with Crippen molar-refractivity contribution in [1.82, 2.24) is 0 Å². The summed E-state index contributed by atoms with van der Waals surface area (Å²) >= 11 is 0. The normalized spacial score (nSPS) is 11.0. The quantitative estimate of drug-likeness (QED) is 0.453.